The third kappa shape index (κ3) is 4.43. The van der Waals surface area contributed by atoms with Crippen LogP contribution in [0.25, 0.3) is 0 Å². The topological polar surface area (TPSA) is 77.1 Å². The predicted molar refractivity (Wildman–Crippen MR) is 116 cm³/mol. The second-order valence-electron chi connectivity index (χ2n) is 8.08. The van der Waals surface area contributed by atoms with Gasteiger partial charge in [-0.15, -0.1) is 0 Å². The van der Waals surface area contributed by atoms with E-state index in [1.807, 2.05) is 50.2 Å². The number of hydrogen-bond donors (Lipinski definition) is 1. The monoisotopic (exact) mass is 424 g/mol. The van der Waals surface area contributed by atoms with E-state index in [4.69, 9.17) is 14.2 Å². The molecule has 164 valence electrons. The lowest BCUT2D eigenvalue weighted by atomic mass is 9.98. The van der Waals surface area contributed by atoms with E-state index in [0.29, 0.717) is 38.3 Å². The second-order valence-corrected chi connectivity index (χ2v) is 8.08. The first-order valence-corrected chi connectivity index (χ1v) is 10.5. The first kappa shape index (κ1) is 21.3. The molecule has 0 saturated carbocycles. The lowest BCUT2D eigenvalue weighted by molar-refractivity contribution is -0.170. The molecule has 1 fully saturated rings. The first-order chi connectivity index (χ1) is 14.9. The van der Waals surface area contributed by atoms with Crippen molar-refractivity contribution < 1.29 is 23.8 Å². The molecule has 2 aromatic rings. The van der Waals surface area contributed by atoms with Crippen LogP contribution in [0.3, 0.4) is 0 Å². The summed E-state index contributed by atoms with van der Waals surface area (Å²) in [6.07, 6.45) is 0.840. The van der Waals surface area contributed by atoms with Gasteiger partial charge in [-0.05, 0) is 48.7 Å². The van der Waals surface area contributed by atoms with E-state index in [1.54, 1.807) is 11.9 Å². The normalized spacial score (nSPS) is 17.0. The Bertz CT molecular complexity index is 997. The fourth-order valence-corrected chi connectivity index (χ4v) is 4.04. The molecule has 0 bridgehead atoms. The Balaban J connectivity index is 1.36. The van der Waals surface area contributed by atoms with Gasteiger partial charge in [0.15, 0.2) is 12.4 Å². The van der Waals surface area contributed by atoms with Crippen molar-refractivity contribution in [3.8, 4) is 5.75 Å². The average Bonchev–Trinajstić information content (AvgIpc) is 3.34. The summed E-state index contributed by atoms with van der Waals surface area (Å²) in [5.41, 5.74) is 4.83. The highest BCUT2D eigenvalue weighted by molar-refractivity contribution is 6.00. The standard InChI is InChI=1S/C24H28N2O5/c1-16-4-5-17(2)21(12-16)29-15-22(27)25-9-8-24(30-10-11-31-24)19-6-7-20-18(13-19)14-23(28)26(20)3/h4-7,12-13H,8-11,14-15H2,1-3H3,(H,25,27). The van der Waals surface area contributed by atoms with Gasteiger partial charge in [0.05, 0.1) is 19.6 Å². The van der Waals surface area contributed by atoms with E-state index < -0.39 is 5.79 Å². The molecule has 0 unspecified atom stereocenters. The zero-order valence-corrected chi connectivity index (χ0v) is 18.2. The fraction of sp³-hybridized carbons (Fsp3) is 0.417. The largest absolute Gasteiger partial charge is 0.483 e. The van der Waals surface area contributed by atoms with Gasteiger partial charge in [-0.25, -0.2) is 0 Å². The van der Waals surface area contributed by atoms with Crippen LogP contribution >= 0.6 is 0 Å². The molecule has 1 saturated heterocycles. The molecule has 0 aliphatic carbocycles. The lowest BCUT2D eigenvalue weighted by Gasteiger charge is -2.28. The molecule has 2 amide bonds. The van der Waals surface area contributed by atoms with Crippen LogP contribution < -0.4 is 15.0 Å². The summed E-state index contributed by atoms with van der Waals surface area (Å²) in [6, 6.07) is 11.8. The third-order valence-corrected chi connectivity index (χ3v) is 5.83. The molecular weight excluding hydrogens is 396 g/mol. The Labute approximate surface area is 182 Å². The molecular formula is C24H28N2O5. The summed E-state index contributed by atoms with van der Waals surface area (Å²) < 4.78 is 17.6. The van der Waals surface area contributed by atoms with Gasteiger partial charge < -0.3 is 24.4 Å². The van der Waals surface area contributed by atoms with Crippen molar-refractivity contribution in [1.29, 1.82) is 0 Å². The summed E-state index contributed by atoms with van der Waals surface area (Å²) in [4.78, 5) is 26.0. The van der Waals surface area contributed by atoms with Crippen molar-refractivity contribution >= 4 is 17.5 Å². The van der Waals surface area contributed by atoms with Gasteiger partial charge in [-0.1, -0.05) is 18.2 Å². The predicted octanol–water partition coefficient (Wildman–Crippen LogP) is 2.61. The number of fused-ring (bicyclic) bond motifs is 1. The molecule has 4 rings (SSSR count). The molecule has 0 atom stereocenters. The van der Waals surface area contributed by atoms with Crippen LogP contribution in [0.15, 0.2) is 36.4 Å². The smallest absolute Gasteiger partial charge is 0.257 e. The number of carbonyl (C=O) groups is 2. The van der Waals surface area contributed by atoms with Gasteiger partial charge in [0.1, 0.15) is 5.75 Å². The van der Waals surface area contributed by atoms with Gasteiger partial charge in [0.25, 0.3) is 5.91 Å². The molecule has 7 heteroatoms. The number of likely N-dealkylation sites (N-methyl/N-ethyl adjacent to an activating group) is 1. The number of benzene rings is 2. The van der Waals surface area contributed by atoms with Crippen molar-refractivity contribution in [3.63, 3.8) is 0 Å². The van der Waals surface area contributed by atoms with Gasteiger partial charge >= 0.3 is 0 Å². The number of nitrogens with zero attached hydrogens (tertiary/aromatic N) is 1. The van der Waals surface area contributed by atoms with Gasteiger partial charge in [0.2, 0.25) is 5.91 Å². The number of amides is 2. The lowest BCUT2D eigenvalue weighted by Crippen LogP contribution is -2.36. The molecule has 0 aromatic heterocycles. The number of hydrogen-bond acceptors (Lipinski definition) is 5. The Hall–Kier alpha value is -2.90. The van der Waals surface area contributed by atoms with Crippen molar-refractivity contribution in [1.82, 2.24) is 5.32 Å². The summed E-state index contributed by atoms with van der Waals surface area (Å²) in [5.74, 6) is -0.326. The summed E-state index contributed by atoms with van der Waals surface area (Å²) in [6.45, 7) is 5.24. The second kappa shape index (κ2) is 8.69. The molecule has 2 aliphatic heterocycles. The number of aryl methyl sites for hydroxylation is 2. The van der Waals surface area contributed by atoms with Crippen molar-refractivity contribution in [2.24, 2.45) is 0 Å². The van der Waals surface area contributed by atoms with Gasteiger partial charge in [-0.2, -0.15) is 0 Å². The maximum absolute atomic E-state index is 12.3. The number of anilines is 1. The first-order valence-electron chi connectivity index (χ1n) is 10.5. The summed E-state index contributed by atoms with van der Waals surface area (Å²) >= 11 is 0. The maximum atomic E-state index is 12.3. The zero-order chi connectivity index (χ0) is 22.0. The molecule has 31 heavy (non-hydrogen) atoms. The molecule has 2 heterocycles. The van der Waals surface area contributed by atoms with Crippen LogP contribution in [0.1, 0.15) is 28.7 Å². The average molecular weight is 424 g/mol. The van der Waals surface area contributed by atoms with Crippen LogP contribution in [0.4, 0.5) is 5.69 Å². The van der Waals surface area contributed by atoms with E-state index in [-0.39, 0.29) is 18.4 Å². The third-order valence-electron chi connectivity index (χ3n) is 5.83. The van der Waals surface area contributed by atoms with Crippen molar-refractivity contribution in [2.45, 2.75) is 32.5 Å². The quantitative estimate of drug-likeness (QED) is 0.739. The van der Waals surface area contributed by atoms with Crippen LogP contribution in [0.2, 0.25) is 0 Å². The number of ether oxygens (including phenoxy) is 3. The molecule has 2 aromatic carbocycles. The fourth-order valence-electron chi connectivity index (χ4n) is 4.04. The van der Waals surface area contributed by atoms with Crippen LogP contribution in [-0.4, -0.2) is 45.2 Å². The molecule has 0 spiro atoms. The summed E-state index contributed by atoms with van der Waals surface area (Å²) in [5, 5.41) is 2.89. The minimum absolute atomic E-state index is 0.0493. The van der Waals surface area contributed by atoms with Gasteiger partial charge in [-0.3, -0.25) is 9.59 Å². The Morgan fingerprint density at radius 3 is 2.71 bits per heavy atom. The van der Waals surface area contributed by atoms with Gasteiger partial charge in [0, 0.05) is 31.3 Å². The molecule has 1 N–H and O–H groups in total. The van der Waals surface area contributed by atoms with Crippen molar-refractivity contribution in [3.05, 3.63) is 58.7 Å². The minimum atomic E-state index is -0.916. The molecule has 7 nitrogen and oxygen atoms in total. The highest BCUT2D eigenvalue weighted by atomic mass is 16.7. The number of nitrogens with one attached hydrogen (secondary N) is 1. The van der Waals surface area contributed by atoms with Crippen LogP contribution in [0, 0.1) is 13.8 Å². The highest BCUT2D eigenvalue weighted by Crippen LogP contribution is 2.38. The zero-order valence-electron chi connectivity index (χ0n) is 18.2. The highest BCUT2D eigenvalue weighted by Gasteiger charge is 2.39. The SMILES string of the molecule is Cc1ccc(C)c(OCC(=O)NCCC2(c3ccc4c(c3)CC(=O)N4C)OCCO2)c1. The summed E-state index contributed by atoms with van der Waals surface area (Å²) in [7, 11) is 1.78. The van der Waals surface area contributed by atoms with E-state index in [0.717, 1.165) is 27.9 Å². The maximum Gasteiger partial charge on any atom is 0.257 e. The minimum Gasteiger partial charge on any atom is -0.483 e. The number of carbonyl (C=O) groups excluding carboxylic acids is 2. The molecule has 2 aliphatic rings. The van der Waals surface area contributed by atoms with E-state index in [9.17, 15) is 9.59 Å². The van der Waals surface area contributed by atoms with E-state index in [2.05, 4.69) is 5.32 Å². The van der Waals surface area contributed by atoms with E-state index >= 15 is 0 Å². The van der Waals surface area contributed by atoms with Crippen LogP contribution in [0.5, 0.6) is 5.75 Å². The number of rotatable bonds is 7. The van der Waals surface area contributed by atoms with Crippen LogP contribution in [-0.2, 0) is 31.3 Å². The Kier molecular flexibility index (Phi) is 5.98. The van der Waals surface area contributed by atoms with Crippen molar-refractivity contribution in [2.75, 3.05) is 38.3 Å². The Morgan fingerprint density at radius 1 is 1.16 bits per heavy atom. The molecule has 0 radical (unpaired) electrons. The Morgan fingerprint density at radius 2 is 1.94 bits per heavy atom. The van der Waals surface area contributed by atoms with E-state index in [1.165, 1.54) is 0 Å².